The second-order valence-corrected chi connectivity index (χ2v) is 4.70. The van der Waals surface area contributed by atoms with Crippen molar-refractivity contribution in [1.82, 2.24) is 0 Å². The maximum atomic E-state index is 11.7. The third kappa shape index (κ3) is 1.36. The minimum Gasteiger partial charge on any atom is -0.430 e. The quantitative estimate of drug-likeness (QED) is 0.545. The molecule has 2 rings (SSSR count). The molecular formula is C12H16O4. The molecule has 0 radical (unpaired) electrons. The van der Waals surface area contributed by atoms with Gasteiger partial charge < -0.3 is 9.47 Å². The van der Waals surface area contributed by atoms with Gasteiger partial charge in [0.2, 0.25) is 0 Å². The predicted molar refractivity (Wildman–Crippen MR) is 56.9 cm³/mol. The van der Waals surface area contributed by atoms with Crippen LogP contribution < -0.4 is 0 Å². The van der Waals surface area contributed by atoms with E-state index in [-0.39, 0.29) is 12.4 Å². The molecule has 2 unspecified atom stereocenters. The van der Waals surface area contributed by atoms with Crippen molar-refractivity contribution in [2.45, 2.75) is 38.2 Å². The molecule has 2 fully saturated rings. The summed E-state index contributed by atoms with van der Waals surface area (Å²) in [7, 11) is 0. The molecule has 0 bridgehead atoms. The second kappa shape index (κ2) is 3.61. The van der Waals surface area contributed by atoms with Crippen molar-refractivity contribution < 1.29 is 19.1 Å². The van der Waals surface area contributed by atoms with E-state index in [1.807, 2.05) is 6.92 Å². The van der Waals surface area contributed by atoms with Gasteiger partial charge in [0.25, 0.3) is 0 Å². The summed E-state index contributed by atoms with van der Waals surface area (Å²) in [5, 5.41) is 0. The van der Waals surface area contributed by atoms with Gasteiger partial charge in [-0.15, -0.1) is 0 Å². The molecule has 4 nitrogen and oxygen atoms in total. The van der Waals surface area contributed by atoms with Crippen molar-refractivity contribution in [3.05, 3.63) is 12.7 Å². The topological polar surface area (TPSA) is 52.6 Å². The summed E-state index contributed by atoms with van der Waals surface area (Å²) >= 11 is 0. The maximum Gasteiger partial charge on any atom is 0.509 e. The molecule has 2 atom stereocenters. The van der Waals surface area contributed by atoms with Crippen LogP contribution in [0.1, 0.15) is 32.6 Å². The normalized spacial score (nSPS) is 36.2. The van der Waals surface area contributed by atoms with Crippen LogP contribution in [0, 0.1) is 5.41 Å². The van der Waals surface area contributed by atoms with Gasteiger partial charge in [-0.2, -0.15) is 0 Å². The third-order valence-corrected chi connectivity index (χ3v) is 4.00. The van der Waals surface area contributed by atoms with Crippen molar-refractivity contribution in [3.8, 4) is 0 Å². The molecule has 0 N–H and O–H groups in total. The molecule has 0 saturated heterocycles. The number of fused-ring (bicyclic) bond motifs is 1. The summed E-state index contributed by atoms with van der Waals surface area (Å²) in [5.74, 6) is 0.204. The summed E-state index contributed by atoms with van der Waals surface area (Å²) in [6.07, 6.45) is 3.49. The average molecular weight is 224 g/mol. The number of hydrogen-bond donors (Lipinski definition) is 0. The summed E-state index contributed by atoms with van der Waals surface area (Å²) in [5.41, 5.74) is -1.07. The van der Waals surface area contributed by atoms with Gasteiger partial charge in [0, 0.05) is 6.42 Å². The molecule has 4 heteroatoms. The molecule has 0 spiro atoms. The van der Waals surface area contributed by atoms with Crippen LogP contribution in [0.2, 0.25) is 0 Å². The smallest absolute Gasteiger partial charge is 0.430 e. The Hall–Kier alpha value is -1.32. The van der Waals surface area contributed by atoms with Crippen LogP contribution in [0.3, 0.4) is 0 Å². The lowest BCUT2D eigenvalue weighted by Gasteiger charge is -2.50. The fraction of sp³-hybridized carbons (Fsp3) is 0.667. The Bertz CT molecular complexity index is 349. The summed E-state index contributed by atoms with van der Waals surface area (Å²) in [4.78, 5) is 23.1. The lowest BCUT2D eigenvalue weighted by atomic mass is 9.59. The number of carbonyl (C=O) groups excluding carboxylic acids is 2. The minimum absolute atomic E-state index is 0.138. The van der Waals surface area contributed by atoms with Crippen molar-refractivity contribution in [2.24, 2.45) is 5.41 Å². The van der Waals surface area contributed by atoms with Crippen molar-refractivity contribution in [3.63, 3.8) is 0 Å². The van der Waals surface area contributed by atoms with E-state index in [9.17, 15) is 9.59 Å². The minimum atomic E-state index is -0.694. The van der Waals surface area contributed by atoms with Crippen molar-refractivity contribution in [2.75, 3.05) is 6.61 Å². The van der Waals surface area contributed by atoms with E-state index in [1.165, 1.54) is 6.08 Å². The Morgan fingerprint density at radius 3 is 2.75 bits per heavy atom. The Morgan fingerprint density at radius 2 is 2.25 bits per heavy atom. The predicted octanol–water partition coefficient (Wildman–Crippen LogP) is 2.23. The van der Waals surface area contributed by atoms with E-state index >= 15 is 0 Å². The largest absolute Gasteiger partial charge is 0.509 e. The van der Waals surface area contributed by atoms with Gasteiger partial charge in [-0.1, -0.05) is 12.7 Å². The highest BCUT2D eigenvalue weighted by atomic mass is 16.7. The van der Waals surface area contributed by atoms with Crippen LogP contribution >= 0.6 is 0 Å². The standard InChI is InChI=1S/C12H16O4/c1-3-8-15-10(14)16-12-5-4-9(13)11(12,2)6-7-12/h3H,1,4-8H2,2H3. The lowest BCUT2D eigenvalue weighted by Crippen LogP contribution is -2.57. The van der Waals surface area contributed by atoms with E-state index in [0.29, 0.717) is 12.8 Å². The zero-order valence-electron chi connectivity index (χ0n) is 9.45. The molecular weight excluding hydrogens is 208 g/mol. The molecule has 2 aliphatic rings. The zero-order valence-corrected chi connectivity index (χ0v) is 9.45. The van der Waals surface area contributed by atoms with Gasteiger partial charge in [0.1, 0.15) is 18.0 Å². The van der Waals surface area contributed by atoms with E-state index in [4.69, 9.17) is 9.47 Å². The number of Topliss-reactive ketones (excluding diaryl/α,β-unsaturated/α-hetero) is 1. The number of ether oxygens (including phenoxy) is 2. The van der Waals surface area contributed by atoms with Gasteiger partial charge in [0.05, 0.1) is 5.41 Å². The third-order valence-electron chi connectivity index (χ3n) is 4.00. The monoisotopic (exact) mass is 224 g/mol. The number of ketones is 1. The van der Waals surface area contributed by atoms with Gasteiger partial charge >= 0.3 is 6.16 Å². The Balaban J connectivity index is 2.02. The van der Waals surface area contributed by atoms with E-state index in [2.05, 4.69) is 6.58 Å². The first kappa shape index (κ1) is 11.2. The number of hydrogen-bond acceptors (Lipinski definition) is 4. The Labute approximate surface area is 94.6 Å². The number of carbonyl (C=O) groups is 2. The van der Waals surface area contributed by atoms with E-state index in [1.54, 1.807) is 0 Å². The first-order chi connectivity index (χ1) is 7.54. The van der Waals surface area contributed by atoms with E-state index < -0.39 is 17.2 Å². The van der Waals surface area contributed by atoms with Gasteiger partial charge in [-0.05, 0) is 26.2 Å². The van der Waals surface area contributed by atoms with Gasteiger partial charge in [0.15, 0.2) is 0 Å². The molecule has 2 saturated carbocycles. The highest BCUT2D eigenvalue weighted by molar-refractivity contribution is 5.90. The van der Waals surface area contributed by atoms with Crippen LogP contribution in [0.25, 0.3) is 0 Å². The molecule has 0 aromatic heterocycles. The average Bonchev–Trinajstić information content (AvgIpc) is 2.42. The van der Waals surface area contributed by atoms with Crippen molar-refractivity contribution >= 4 is 11.9 Å². The lowest BCUT2D eigenvalue weighted by molar-refractivity contribution is -0.166. The summed E-state index contributed by atoms with van der Waals surface area (Å²) < 4.78 is 10.1. The molecule has 16 heavy (non-hydrogen) atoms. The maximum absolute atomic E-state index is 11.7. The van der Waals surface area contributed by atoms with Crippen LogP contribution in [0.5, 0.6) is 0 Å². The fourth-order valence-electron chi connectivity index (χ4n) is 2.70. The van der Waals surface area contributed by atoms with Crippen LogP contribution in [-0.4, -0.2) is 24.1 Å². The second-order valence-electron chi connectivity index (χ2n) is 4.70. The molecule has 88 valence electrons. The molecule has 0 heterocycles. The Morgan fingerprint density at radius 1 is 1.50 bits per heavy atom. The van der Waals surface area contributed by atoms with Crippen LogP contribution in [-0.2, 0) is 14.3 Å². The first-order valence-corrected chi connectivity index (χ1v) is 5.54. The molecule has 0 aromatic carbocycles. The molecule has 2 aliphatic carbocycles. The summed E-state index contributed by atoms with van der Waals surface area (Å²) in [6.45, 7) is 5.47. The van der Waals surface area contributed by atoms with Crippen LogP contribution in [0.15, 0.2) is 12.7 Å². The highest BCUT2D eigenvalue weighted by Gasteiger charge is 2.66. The fourth-order valence-corrected chi connectivity index (χ4v) is 2.70. The van der Waals surface area contributed by atoms with Gasteiger partial charge in [-0.3, -0.25) is 4.79 Å². The highest BCUT2D eigenvalue weighted by Crippen LogP contribution is 2.60. The van der Waals surface area contributed by atoms with E-state index in [0.717, 1.165) is 12.8 Å². The number of rotatable bonds is 3. The molecule has 0 amide bonds. The van der Waals surface area contributed by atoms with Crippen LogP contribution in [0.4, 0.5) is 4.79 Å². The SMILES string of the molecule is C=CCOC(=O)OC12CCC(=O)C1(C)CC2. The Kier molecular flexibility index (Phi) is 2.52. The molecule has 0 aromatic rings. The first-order valence-electron chi connectivity index (χ1n) is 5.54. The van der Waals surface area contributed by atoms with Crippen molar-refractivity contribution in [1.29, 1.82) is 0 Å². The summed E-state index contributed by atoms with van der Waals surface area (Å²) in [6, 6.07) is 0. The zero-order chi connectivity index (χ0) is 11.8. The van der Waals surface area contributed by atoms with Gasteiger partial charge in [-0.25, -0.2) is 4.79 Å². The molecule has 0 aliphatic heterocycles.